The van der Waals surface area contributed by atoms with Gasteiger partial charge in [0.25, 0.3) is 0 Å². The summed E-state index contributed by atoms with van der Waals surface area (Å²) in [5.74, 6) is -0.0585. The molecule has 7 heteroatoms. The van der Waals surface area contributed by atoms with Gasteiger partial charge < -0.3 is 5.32 Å². The van der Waals surface area contributed by atoms with Gasteiger partial charge in [0, 0.05) is 26.1 Å². The third-order valence-electron chi connectivity index (χ3n) is 2.39. The van der Waals surface area contributed by atoms with Crippen molar-refractivity contribution in [3.05, 3.63) is 0 Å². The second-order valence-corrected chi connectivity index (χ2v) is 6.87. The first-order valence-electron chi connectivity index (χ1n) is 4.76. The number of sulfonamides is 1. The number of nitrogens with one attached hydrogen (secondary N) is 1. The number of alkyl halides is 1. The molecular formula is C8H15BrN2O3S. The van der Waals surface area contributed by atoms with Gasteiger partial charge in [0.1, 0.15) is 4.66 Å². The molecule has 0 bridgehead atoms. The molecule has 0 unspecified atom stereocenters. The molecule has 1 aliphatic heterocycles. The summed E-state index contributed by atoms with van der Waals surface area (Å²) in [6.07, 6.45) is 1.37. The normalized spacial score (nSPS) is 20.1. The molecule has 0 saturated carbocycles. The highest BCUT2D eigenvalue weighted by molar-refractivity contribution is 9.10. The first-order valence-corrected chi connectivity index (χ1v) is 7.49. The van der Waals surface area contributed by atoms with Crippen LogP contribution in [0.25, 0.3) is 0 Å². The number of hydrogen-bond acceptors (Lipinski definition) is 3. The molecular weight excluding hydrogens is 284 g/mol. The van der Waals surface area contributed by atoms with Crippen molar-refractivity contribution < 1.29 is 13.2 Å². The molecule has 0 aromatic carbocycles. The quantitative estimate of drug-likeness (QED) is 0.761. The lowest BCUT2D eigenvalue weighted by molar-refractivity contribution is -0.119. The number of hydrogen-bond donors (Lipinski definition) is 1. The minimum absolute atomic E-state index is 0.0369. The predicted molar refractivity (Wildman–Crippen MR) is 61.1 cm³/mol. The summed E-state index contributed by atoms with van der Waals surface area (Å²) in [5, 5.41) is 2.80. The SMILES string of the molecule is CC(=O)NC1CCN(S(=O)(=O)CBr)CC1. The molecule has 88 valence electrons. The summed E-state index contributed by atoms with van der Waals surface area (Å²) in [6, 6.07) is 0.115. The van der Waals surface area contributed by atoms with Crippen LogP contribution in [0, 0.1) is 0 Å². The largest absolute Gasteiger partial charge is 0.354 e. The predicted octanol–water partition coefficient (Wildman–Crippen LogP) is 0.269. The molecule has 1 N–H and O–H groups in total. The van der Waals surface area contributed by atoms with Crippen molar-refractivity contribution in [1.82, 2.24) is 9.62 Å². The Bertz CT molecular complexity index is 323. The molecule has 1 fully saturated rings. The lowest BCUT2D eigenvalue weighted by Crippen LogP contribution is -2.46. The number of carbonyl (C=O) groups excluding carboxylic acids is 1. The van der Waals surface area contributed by atoms with Gasteiger partial charge in [-0.1, -0.05) is 15.9 Å². The maximum absolute atomic E-state index is 11.5. The fourth-order valence-corrected chi connectivity index (χ4v) is 3.41. The Balaban J connectivity index is 2.46. The molecule has 0 aliphatic carbocycles. The highest BCUT2D eigenvalue weighted by atomic mass is 79.9. The van der Waals surface area contributed by atoms with Crippen molar-refractivity contribution in [3.8, 4) is 0 Å². The lowest BCUT2D eigenvalue weighted by Gasteiger charge is -2.30. The van der Waals surface area contributed by atoms with E-state index >= 15 is 0 Å². The minimum atomic E-state index is -3.14. The van der Waals surface area contributed by atoms with Crippen LogP contribution >= 0.6 is 15.9 Å². The molecule has 0 radical (unpaired) electrons. The van der Waals surface area contributed by atoms with E-state index in [-0.39, 0.29) is 16.6 Å². The molecule has 1 saturated heterocycles. The zero-order chi connectivity index (χ0) is 11.5. The van der Waals surface area contributed by atoms with Gasteiger partial charge in [0.2, 0.25) is 15.9 Å². The van der Waals surface area contributed by atoms with Gasteiger partial charge in [-0.25, -0.2) is 12.7 Å². The Labute approximate surface area is 98.4 Å². The fraction of sp³-hybridized carbons (Fsp3) is 0.875. The van der Waals surface area contributed by atoms with Crippen molar-refractivity contribution in [1.29, 1.82) is 0 Å². The maximum Gasteiger partial charge on any atom is 0.224 e. The van der Waals surface area contributed by atoms with Gasteiger partial charge in [-0.3, -0.25) is 4.79 Å². The molecule has 0 spiro atoms. The van der Waals surface area contributed by atoms with Crippen molar-refractivity contribution in [2.24, 2.45) is 0 Å². The third kappa shape index (κ3) is 3.73. The van der Waals surface area contributed by atoms with Crippen LogP contribution in [0.15, 0.2) is 0 Å². The molecule has 1 aliphatic rings. The van der Waals surface area contributed by atoms with Crippen LogP contribution in [0.1, 0.15) is 19.8 Å². The van der Waals surface area contributed by atoms with E-state index in [9.17, 15) is 13.2 Å². The van der Waals surface area contributed by atoms with Crippen LogP contribution in [-0.2, 0) is 14.8 Å². The number of piperidine rings is 1. The van der Waals surface area contributed by atoms with Gasteiger partial charge >= 0.3 is 0 Å². The van der Waals surface area contributed by atoms with Gasteiger partial charge in [0.15, 0.2) is 0 Å². The van der Waals surface area contributed by atoms with Gasteiger partial charge in [-0.15, -0.1) is 0 Å². The van der Waals surface area contributed by atoms with Gasteiger partial charge in [-0.2, -0.15) is 0 Å². The van der Waals surface area contributed by atoms with Crippen molar-refractivity contribution in [2.45, 2.75) is 25.8 Å². The molecule has 1 amide bonds. The summed E-state index contributed by atoms with van der Waals surface area (Å²) in [7, 11) is -3.14. The summed E-state index contributed by atoms with van der Waals surface area (Å²) in [4.78, 5) is 10.8. The Morgan fingerprint density at radius 1 is 1.47 bits per heavy atom. The van der Waals surface area contributed by atoms with Crippen LogP contribution in [0.2, 0.25) is 0 Å². The Hall–Kier alpha value is -0.140. The van der Waals surface area contributed by atoms with Gasteiger partial charge in [0.05, 0.1) is 0 Å². The van der Waals surface area contributed by atoms with E-state index in [0.29, 0.717) is 25.9 Å². The Morgan fingerprint density at radius 2 is 2.00 bits per heavy atom. The zero-order valence-electron chi connectivity index (χ0n) is 8.57. The molecule has 1 rings (SSSR count). The monoisotopic (exact) mass is 298 g/mol. The van der Waals surface area contributed by atoms with Gasteiger partial charge in [-0.05, 0) is 12.8 Å². The summed E-state index contributed by atoms with van der Waals surface area (Å²) < 4.78 is 24.4. The standard InChI is InChI=1S/C8H15BrN2O3S/c1-7(12)10-8-2-4-11(5-3-8)15(13,14)6-9/h8H,2-6H2,1H3,(H,10,12). The van der Waals surface area contributed by atoms with E-state index < -0.39 is 10.0 Å². The highest BCUT2D eigenvalue weighted by Crippen LogP contribution is 2.15. The van der Waals surface area contributed by atoms with Crippen LogP contribution in [0.4, 0.5) is 0 Å². The van der Waals surface area contributed by atoms with Crippen LogP contribution < -0.4 is 5.32 Å². The smallest absolute Gasteiger partial charge is 0.224 e. The van der Waals surface area contributed by atoms with E-state index in [0.717, 1.165) is 0 Å². The zero-order valence-corrected chi connectivity index (χ0v) is 11.0. The number of halogens is 1. The third-order valence-corrected chi connectivity index (χ3v) is 5.56. The molecule has 0 aromatic heterocycles. The second-order valence-electron chi connectivity index (χ2n) is 3.59. The van der Waals surface area contributed by atoms with E-state index in [4.69, 9.17) is 0 Å². The molecule has 15 heavy (non-hydrogen) atoms. The Kier molecular flexibility index (Phi) is 4.54. The van der Waals surface area contributed by atoms with Crippen LogP contribution in [-0.4, -0.2) is 42.4 Å². The first-order chi connectivity index (χ1) is 6.95. The topological polar surface area (TPSA) is 66.5 Å². The molecule has 0 atom stereocenters. The lowest BCUT2D eigenvalue weighted by atomic mass is 10.1. The summed E-state index contributed by atoms with van der Waals surface area (Å²) in [5.41, 5.74) is 0. The van der Waals surface area contributed by atoms with Crippen molar-refractivity contribution >= 4 is 31.9 Å². The number of amides is 1. The summed E-state index contributed by atoms with van der Waals surface area (Å²) in [6.45, 7) is 2.44. The highest BCUT2D eigenvalue weighted by Gasteiger charge is 2.27. The van der Waals surface area contributed by atoms with Crippen LogP contribution in [0.3, 0.4) is 0 Å². The van der Waals surface area contributed by atoms with E-state index in [1.165, 1.54) is 11.2 Å². The first kappa shape index (κ1) is 12.9. The molecule has 1 heterocycles. The number of nitrogens with zero attached hydrogens (tertiary/aromatic N) is 1. The van der Waals surface area contributed by atoms with Crippen molar-refractivity contribution in [2.75, 3.05) is 17.8 Å². The Morgan fingerprint density at radius 3 is 2.40 bits per heavy atom. The summed E-state index contributed by atoms with van der Waals surface area (Å²) >= 11 is 2.96. The number of carbonyl (C=O) groups is 1. The van der Waals surface area contributed by atoms with E-state index in [1.807, 2.05) is 0 Å². The van der Waals surface area contributed by atoms with Crippen molar-refractivity contribution in [3.63, 3.8) is 0 Å². The minimum Gasteiger partial charge on any atom is -0.354 e. The second kappa shape index (κ2) is 5.27. The van der Waals surface area contributed by atoms with E-state index in [2.05, 4.69) is 21.2 Å². The van der Waals surface area contributed by atoms with E-state index in [1.54, 1.807) is 0 Å². The molecule has 5 nitrogen and oxygen atoms in total. The maximum atomic E-state index is 11.5. The number of rotatable bonds is 3. The van der Waals surface area contributed by atoms with Crippen LogP contribution in [0.5, 0.6) is 0 Å². The molecule has 0 aromatic rings. The fourth-order valence-electron chi connectivity index (χ4n) is 1.63. The average molecular weight is 299 g/mol. The average Bonchev–Trinajstić information content (AvgIpc) is 2.18.